The first kappa shape index (κ1) is 43.5. The van der Waals surface area contributed by atoms with Crippen molar-refractivity contribution in [2.75, 3.05) is 0 Å². The monoisotopic (exact) mass is 996 g/mol. The van der Waals surface area contributed by atoms with Crippen LogP contribution in [0.2, 0.25) is 0 Å². The van der Waals surface area contributed by atoms with E-state index < -0.39 is 0 Å². The molecule has 0 unspecified atom stereocenters. The highest BCUT2D eigenvalue weighted by molar-refractivity contribution is 6.25. The number of benzene rings is 11. The quantitative estimate of drug-likeness (QED) is 0.149. The third-order valence-corrected chi connectivity index (χ3v) is 15.4. The molecule has 0 aliphatic rings. The minimum absolute atomic E-state index is 0.530. The fraction of sp³-hybridized carbons (Fsp3) is 0. The number of nitrogens with zero attached hydrogens (tertiary/aromatic N) is 6. The molecule has 0 N–H and O–H groups in total. The topological polar surface area (TPSA) is 79.2 Å². The second-order valence-corrected chi connectivity index (χ2v) is 19.7. The van der Waals surface area contributed by atoms with Gasteiger partial charge < -0.3 is 18.0 Å². The fourth-order valence-electron chi connectivity index (χ4n) is 11.9. The molecule has 5 heterocycles. The minimum Gasteiger partial charge on any atom is -0.455 e. The molecule has 0 radical (unpaired) electrons. The molecule has 0 spiro atoms. The maximum Gasteiger partial charge on any atom is 0.194 e. The lowest BCUT2D eigenvalue weighted by Gasteiger charge is -2.21. The first-order valence-corrected chi connectivity index (χ1v) is 26.0. The van der Waals surface area contributed by atoms with Gasteiger partial charge in [0.15, 0.2) is 23.2 Å². The molecule has 16 aromatic rings. The van der Waals surface area contributed by atoms with Gasteiger partial charge in [0, 0.05) is 60.1 Å². The average Bonchev–Trinajstić information content (AvgIpc) is 4.10. The maximum absolute atomic E-state index is 8.33. The number of rotatable bonds is 7. The summed E-state index contributed by atoms with van der Waals surface area (Å²) in [6.07, 6.45) is 0. The van der Waals surface area contributed by atoms with Crippen LogP contribution in [-0.4, -0.2) is 24.1 Å². The van der Waals surface area contributed by atoms with E-state index in [0.717, 1.165) is 138 Å². The fourth-order valence-corrected chi connectivity index (χ4v) is 11.9. The summed E-state index contributed by atoms with van der Waals surface area (Å²) >= 11 is 0. The van der Waals surface area contributed by atoms with Gasteiger partial charge in [-0.1, -0.05) is 164 Å². The molecule has 0 bridgehead atoms. The van der Waals surface area contributed by atoms with Crippen LogP contribution < -0.4 is 0 Å². The summed E-state index contributed by atoms with van der Waals surface area (Å²) in [6.45, 7) is 8.33. The van der Waals surface area contributed by atoms with Crippen molar-refractivity contribution in [1.29, 1.82) is 0 Å². The van der Waals surface area contributed by atoms with Gasteiger partial charge in [-0.05, 0) is 90.0 Å². The van der Waals surface area contributed by atoms with E-state index in [0.29, 0.717) is 23.2 Å². The Hall–Kier alpha value is -10.9. The van der Waals surface area contributed by atoms with Crippen LogP contribution in [0.25, 0.3) is 160 Å². The molecule has 78 heavy (non-hydrogen) atoms. The molecule has 0 aliphatic heterocycles. The van der Waals surface area contributed by atoms with Gasteiger partial charge >= 0.3 is 0 Å². The van der Waals surface area contributed by atoms with Crippen LogP contribution in [0.4, 0.5) is 5.69 Å². The van der Waals surface area contributed by atoms with Crippen LogP contribution in [0.1, 0.15) is 0 Å². The Labute approximate surface area is 445 Å². The van der Waals surface area contributed by atoms with Crippen molar-refractivity contribution >= 4 is 93.2 Å². The second kappa shape index (κ2) is 17.1. The van der Waals surface area contributed by atoms with Crippen molar-refractivity contribution < 1.29 is 8.83 Å². The molecule has 362 valence electrons. The van der Waals surface area contributed by atoms with Crippen LogP contribution in [-0.2, 0) is 0 Å². The van der Waals surface area contributed by atoms with E-state index in [-0.39, 0.29) is 0 Å². The highest BCUT2D eigenvalue weighted by atomic mass is 16.3. The van der Waals surface area contributed by atoms with Gasteiger partial charge in [-0.15, -0.1) is 0 Å². The van der Waals surface area contributed by atoms with E-state index in [2.05, 4.69) is 147 Å². The molecule has 0 fully saturated rings. The van der Waals surface area contributed by atoms with E-state index in [1.54, 1.807) is 0 Å². The molecule has 8 nitrogen and oxygen atoms in total. The minimum atomic E-state index is 0.530. The Balaban J connectivity index is 1.05. The summed E-state index contributed by atoms with van der Waals surface area (Å²) < 4.78 is 18.4. The summed E-state index contributed by atoms with van der Waals surface area (Å²) in [5, 5.41) is 8.49. The molecule has 0 aliphatic carbocycles. The lowest BCUT2D eigenvalue weighted by molar-refractivity contribution is 0.672. The number of hydrogen-bond acceptors (Lipinski definition) is 5. The first-order valence-electron chi connectivity index (χ1n) is 26.0. The Kier molecular flexibility index (Phi) is 9.53. The highest BCUT2D eigenvalue weighted by Gasteiger charge is 2.26. The molecule has 0 saturated carbocycles. The normalized spacial score (nSPS) is 11.8. The van der Waals surface area contributed by atoms with Crippen LogP contribution in [0.3, 0.4) is 0 Å². The summed E-state index contributed by atoms with van der Waals surface area (Å²) in [6, 6.07) is 83.8. The Morgan fingerprint density at radius 3 is 1.27 bits per heavy atom. The number of aromatic nitrogens is 5. The lowest BCUT2D eigenvalue weighted by Crippen LogP contribution is -2.04. The second-order valence-electron chi connectivity index (χ2n) is 19.7. The first-order chi connectivity index (χ1) is 38.6. The molecule has 0 amide bonds. The summed E-state index contributed by atoms with van der Waals surface area (Å²) in [5.41, 5.74) is 16.0. The molecule has 11 aromatic carbocycles. The highest BCUT2D eigenvalue weighted by Crippen LogP contribution is 2.47. The lowest BCUT2D eigenvalue weighted by atomic mass is 9.93. The molecule has 16 rings (SSSR count). The summed E-state index contributed by atoms with van der Waals surface area (Å²) in [7, 11) is 0. The van der Waals surface area contributed by atoms with E-state index >= 15 is 0 Å². The van der Waals surface area contributed by atoms with Crippen LogP contribution in [0.15, 0.2) is 251 Å². The zero-order chi connectivity index (χ0) is 51.4. The largest absolute Gasteiger partial charge is 0.455 e. The summed E-state index contributed by atoms with van der Waals surface area (Å²) in [4.78, 5) is 19.7. The van der Waals surface area contributed by atoms with Gasteiger partial charge in [0.05, 0.1) is 50.8 Å². The maximum atomic E-state index is 8.33. The van der Waals surface area contributed by atoms with Crippen molar-refractivity contribution in [2.24, 2.45) is 0 Å². The average molecular weight is 997 g/mol. The molecule has 5 aromatic heterocycles. The molecule has 8 heteroatoms. The van der Waals surface area contributed by atoms with Crippen molar-refractivity contribution in [3.8, 4) is 67.8 Å². The molecular formula is C70H40N6O2. The number of furan rings is 2. The van der Waals surface area contributed by atoms with E-state index in [9.17, 15) is 0 Å². The zero-order valence-electron chi connectivity index (χ0n) is 41.6. The van der Waals surface area contributed by atoms with Gasteiger partial charge in [0.25, 0.3) is 0 Å². The number of hydrogen-bond donors (Lipinski definition) is 0. The zero-order valence-corrected chi connectivity index (χ0v) is 41.6. The van der Waals surface area contributed by atoms with Crippen molar-refractivity contribution in [3.05, 3.63) is 254 Å². The van der Waals surface area contributed by atoms with Gasteiger partial charge in [-0.25, -0.2) is 19.8 Å². The Morgan fingerprint density at radius 2 is 0.744 bits per heavy atom. The van der Waals surface area contributed by atoms with Crippen molar-refractivity contribution in [1.82, 2.24) is 24.1 Å². The Morgan fingerprint density at radius 1 is 0.321 bits per heavy atom. The van der Waals surface area contributed by atoms with E-state index in [1.165, 1.54) is 0 Å². The van der Waals surface area contributed by atoms with E-state index in [1.807, 2.05) is 109 Å². The summed E-state index contributed by atoms with van der Waals surface area (Å²) in [5.74, 6) is 1.67. The molecule has 0 atom stereocenters. The molecule has 0 saturated heterocycles. The standard InChI is InChI=1S/C70H40N6O2/c1-71-55-27-13-8-22-46(55)44-32-36-58(75-56-28-14-9-25-51(56)64-60(75)38-34-49-47-23-11-16-30-62(47)77-66(49)64)53(40-44)54-41-45(70-73-68(42-18-4-2-5-19-42)72-69(74-70)43-20-6-3-7-21-43)33-37-59(54)76-57-29-15-10-26-52(57)65-61(76)39-35-50-48-24-12-17-31-63(48)78-67(50)65/h2-41H. The van der Waals surface area contributed by atoms with Crippen LogP contribution in [0.5, 0.6) is 0 Å². The van der Waals surface area contributed by atoms with Gasteiger partial charge in [-0.3, -0.25) is 0 Å². The van der Waals surface area contributed by atoms with Crippen LogP contribution >= 0.6 is 0 Å². The van der Waals surface area contributed by atoms with Crippen molar-refractivity contribution in [2.45, 2.75) is 0 Å². The third kappa shape index (κ3) is 6.55. The SMILES string of the molecule is [C-]#[N+]c1ccccc1-c1ccc(-n2c3ccccc3c3c4oc5ccccc5c4ccc32)c(-c2cc(-c3nc(-c4ccccc4)nc(-c4ccccc4)n3)ccc2-n2c3ccccc3c3c4oc5ccccc5c4ccc32)c1. The number of fused-ring (bicyclic) bond motifs is 14. The van der Waals surface area contributed by atoms with E-state index in [4.69, 9.17) is 30.4 Å². The molecular weight excluding hydrogens is 957 g/mol. The Bertz CT molecular complexity index is 5120. The smallest absolute Gasteiger partial charge is 0.194 e. The number of para-hydroxylation sites is 5. The predicted molar refractivity (Wildman–Crippen MR) is 317 cm³/mol. The van der Waals surface area contributed by atoms with Gasteiger partial charge in [-0.2, -0.15) is 0 Å². The van der Waals surface area contributed by atoms with Gasteiger partial charge in [0.1, 0.15) is 22.3 Å². The predicted octanol–water partition coefficient (Wildman–Crippen LogP) is 18.8. The van der Waals surface area contributed by atoms with Crippen molar-refractivity contribution in [3.63, 3.8) is 0 Å². The third-order valence-electron chi connectivity index (χ3n) is 15.4. The van der Waals surface area contributed by atoms with Crippen LogP contribution in [0, 0.1) is 6.57 Å². The van der Waals surface area contributed by atoms with Gasteiger partial charge in [0.2, 0.25) is 0 Å².